The van der Waals surface area contributed by atoms with Crippen LogP contribution in [0.2, 0.25) is 0 Å². The number of guanidine groups is 1. The number of piperidine rings is 2. The van der Waals surface area contributed by atoms with E-state index in [-0.39, 0.29) is 24.0 Å². The summed E-state index contributed by atoms with van der Waals surface area (Å²) in [6.45, 7) is 10.6. The van der Waals surface area contributed by atoms with Crippen molar-refractivity contribution >= 4 is 41.7 Å². The van der Waals surface area contributed by atoms with Crippen LogP contribution in [0.5, 0.6) is 0 Å². The van der Waals surface area contributed by atoms with Crippen LogP contribution in [0, 0.1) is 0 Å². The minimum Gasteiger partial charge on any atom is -0.354 e. The average molecular weight is 510 g/mol. The van der Waals surface area contributed by atoms with Gasteiger partial charge in [0.1, 0.15) is 0 Å². The van der Waals surface area contributed by atoms with Crippen LogP contribution >= 0.6 is 35.7 Å². The van der Waals surface area contributed by atoms with E-state index in [9.17, 15) is 0 Å². The molecule has 0 bridgehead atoms. The molecule has 0 aromatic heterocycles. The summed E-state index contributed by atoms with van der Waals surface area (Å²) < 4.78 is 0. The summed E-state index contributed by atoms with van der Waals surface area (Å²) in [5.41, 5.74) is 0.317. The lowest BCUT2D eigenvalue weighted by Gasteiger charge is -2.50. The van der Waals surface area contributed by atoms with Gasteiger partial charge in [-0.2, -0.15) is 11.8 Å². The zero-order valence-corrected chi connectivity index (χ0v) is 20.7. The molecule has 3 heterocycles. The van der Waals surface area contributed by atoms with Crippen LogP contribution in [0.3, 0.4) is 0 Å². The number of halogens is 1. The molecule has 3 aliphatic rings. The molecule has 0 radical (unpaired) electrons. The van der Waals surface area contributed by atoms with Crippen LogP contribution in [0.4, 0.5) is 0 Å². The normalized spacial score (nSPS) is 27.9. The summed E-state index contributed by atoms with van der Waals surface area (Å²) in [5.74, 6) is 2.35. The summed E-state index contributed by atoms with van der Waals surface area (Å²) in [4.78, 5) is 12.4. The van der Waals surface area contributed by atoms with Crippen molar-refractivity contribution in [3.63, 3.8) is 0 Å². The molecule has 0 aliphatic carbocycles. The first-order valence-corrected chi connectivity index (χ1v) is 11.7. The molecule has 0 spiro atoms. The second-order valence-electron chi connectivity index (χ2n) is 8.32. The van der Waals surface area contributed by atoms with E-state index in [1.165, 1.54) is 70.5 Å². The van der Waals surface area contributed by atoms with Crippen molar-refractivity contribution in [2.75, 3.05) is 65.7 Å². The average Bonchev–Trinajstić information content (AvgIpc) is 2.71. The second kappa shape index (κ2) is 11.5. The van der Waals surface area contributed by atoms with E-state index in [1.54, 1.807) is 0 Å². The number of aliphatic imine (C=N–C) groups is 1. The maximum atomic E-state index is 4.65. The Labute approximate surface area is 188 Å². The maximum absolute atomic E-state index is 4.65. The third-order valence-electron chi connectivity index (χ3n) is 6.63. The van der Waals surface area contributed by atoms with Crippen molar-refractivity contribution in [1.29, 1.82) is 0 Å². The van der Waals surface area contributed by atoms with E-state index in [4.69, 9.17) is 0 Å². The molecule has 7 heteroatoms. The number of thioether (sulfide) groups is 1. The first-order valence-electron chi connectivity index (χ1n) is 10.7. The molecule has 3 saturated heterocycles. The molecule has 0 aromatic rings. The summed E-state index contributed by atoms with van der Waals surface area (Å²) in [7, 11) is 4.22. The van der Waals surface area contributed by atoms with Crippen molar-refractivity contribution < 1.29 is 0 Å². The van der Waals surface area contributed by atoms with Crippen molar-refractivity contribution in [3.8, 4) is 0 Å². The van der Waals surface area contributed by atoms with Gasteiger partial charge in [-0.3, -0.25) is 9.89 Å². The van der Waals surface area contributed by atoms with Gasteiger partial charge in [-0.05, 0) is 65.3 Å². The van der Waals surface area contributed by atoms with Crippen molar-refractivity contribution in [2.24, 2.45) is 4.99 Å². The molecule has 3 fully saturated rings. The highest BCUT2D eigenvalue weighted by atomic mass is 127. The zero-order chi connectivity index (χ0) is 18.4. The molecule has 1 unspecified atom stereocenters. The number of nitrogens with zero attached hydrogens (tertiary/aromatic N) is 4. The van der Waals surface area contributed by atoms with Crippen LogP contribution < -0.4 is 5.32 Å². The van der Waals surface area contributed by atoms with Crippen LogP contribution in [-0.2, 0) is 0 Å². The Hall–Kier alpha value is 0.270. The van der Waals surface area contributed by atoms with Gasteiger partial charge in [0.05, 0.1) is 0 Å². The van der Waals surface area contributed by atoms with E-state index in [2.05, 4.69) is 50.7 Å². The number of likely N-dealkylation sites (tertiary alicyclic amines) is 2. The highest BCUT2D eigenvalue weighted by molar-refractivity contribution is 14.0. The predicted octanol–water partition coefficient (Wildman–Crippen LogP) is 2.96. The quantitative estimate of drug-likeness (QED) is 0.358. The topological polar surface area (TPSA) is 34.1 Å². The molecular weight excluding hydrogens is 469 g/mol. The Morgan fingerprint density at radius 2 is 1.81 bits per heavy atom. The van der Waals surface area contributed by atoms with Crippen LogP contribution in [-0.4, -0.2) is 97.1 Å². The largest absolute Gasteiger partial charge is 0.354 e. The first kappa shape index (κ1) is 23.5. The van der Waals surface area contributed by atoms with Gasteiger partial charge in [0.2, 0.25) is 0 Å². The van der Waals surface area contributed by atoms with Gasteiger partial charge >= 0.3 is 0 Å². The molecule has 27 heavy (non-hydrogen) atoms. The van der Waals surface area contributed by atoms with E-state index >= 15 is 0 Å². The van der Waals surface area contributed by atoms with E-state index < -0.39 is 0 Å². The number of nitrogens with one attached hydrogen (secondary N) is 1. The van der Waals surface area contributed by atoms with Crippen LogP contribution in [0.1, 0.15) is 45.4 Å². The van der Waals surface area contributed by atoms with Crippen LogP contribution in [0.25, 0.3) is 0 Å². The highest BCUT2D eigenvalue weighted by Gasteiger charge is 2.40. The van der Waals surface area contributed by atoms with E-state index in [0.717, 1.165) is 30.8 Å². The van der Waals surface area contributed by atoms with Crippen molar-refractivity contribution in [3.05, 3.63) is 0 Å². The van der Waals surface area contributed by atoms with Gasteiger partial charge in [-0.15, -0.1) is 24.0 Å². The lowest BCUT2D eigenvalue weighted by molar-refractivity contribution is 0.0169. The van der Waals surface area contributed by atoms with Crippen molar-refractivity contribution in [1.82, 2.24) is 20.0 Å². The summed E-state index contributed by atoms with van der Waals surface area (Å²) in [5, 5.41) is 4.56. The van der Waals surface area contributed by atoms with Gasteiger partial charge in [0, 0.05) is 43.2 Å². The van der Waals surface area contributed by atoms with Crippen LogP contribution in [0.15, 0.2) is 4.99 Å². The van der Waals surface area contributed by atoms with Gasteiger partial charge in [-0.1, -0.05) is 13.3 Å². The maximum Gasteiger partial charge on any atom is 0.193 e. The third kappa shape index (κ3) is 6.12. The molecule has 1 N–H and O–H groups in total. The molecule has 158 valence electrons. The second-order valence-corrected chi connectivity index (χ2v) is 9.73. The molecule has 0 amide bonds. The minimum absolute atomic E-state index is 0. The Bertz CT molecular complexity index is 461. The number of hydrogen-bond acceptors (Lipinski definition) is 4. The summed E-state index contributed by atoms with van der Waals surface area (Å²) >= 11 is 2.12. The monoisotopic (exact) mass is 509 g/mol. The Morgan fingerprint density at radius 1 is 1.11 bits per heavy atom. The zero-order valence-electron chi connectivity index (χ0n) is 17.6. The lowest BCUT2D eigenvalue weighted by atomic mass is 9.84. The smallest absolute Gasteiger partial charge is 0.193 e. The van der Waals surface area contributed by atoms with E-state index in [0.29, 0.717) is 5.54 Å². The summed E-state index contributed by atoms with van der Waals surface area (Å²) in [6.07, 6.45) is 7.96. The first-order chi connectivity index (χ1) is 12.7. The fraction of sp³-hybridized carbons (Fsp3) is 0.950. The fourth-order valence-electron chi connectivity index (χ4n) is 4.74. The molecule has 3 rings (SSSR count). The number of rotatable bonds is 4. The molecule has 0 saturated carbocycles. The highest BCUT2D eigenvalue weighted by Crippen LogP contribution is 2.31. The van der Waals surface area contributed by atoms with E-state index in [1.807, 2.05) is 7.05 Å². The number of hydrogen-bond donors (Lipinski definition) is 1. The van der Waals surface area contributed by atoms with Gasteiger partial charge in [0.15, 0.2) is 5.96 Å². The molecular formula is C20H40IN5S. The molecule has 3 aliphatic heterocycles. The predicted molar refractivity (Wildman–Crippen MR) is 130 cm³/mol. The van der Waals surface area contributed by atoms with Crippen molar-refractivity contribution in [2.45, 2.75) is 56.2 Å². The molecule has 5 nitrogen and oxygen atoms in total. The van der Waals surface area contributed by atoms with Gasteiger partial charge in [-0.25, -0.2) is 0 Å². The minimum atomic E-state index is 0. The fourth-order valence-corrected chi connectivity index (χ4v) is 5.92. The SMILES string of the molecule is CCC1CN(C(=NC)NCC2(N3CCCCC3)CCN(C)CC2)CCS1.I. The standard InChI is InChI=1S/C20H39N5S.HI/c1-4-18-16-24(14-15-26-18)19(21-2)22-17-20(8-12-23(3)13-9-20)25-10-6-5-7-11-25;/h18H,4-17H2,1-3H3,(H,21,22);1H. The Kier molecular flexibility index (Phi) is 9.99. The van der Waals surface area contributed by atoms with Gasteiger partial charge < -0.3 is 15.1 Å². The molecule has 0 aromatic carbocycles. The van der Waals surface area contributed by atoms with Gasteiger partial charge in [0.25, 0.3) is 0 Å². The summed E-state index contributed by atoms with van der Waals surface area (Å²) in [6, 6.07) is 0. The lowest BCUT2D eigenvalue weighted by Crippen LogP contribution is -2.62. The Balaban J connectivity index is 0.00000261. The Morgan fingerprint density at radius 3 is 2.44 bits per heavy atom. The third-order valence-corrected chi connectivity index (χ3v) is 8.00. The molecule has 1 atom stereocenters.